The number of ether oxygens (including phenoxy) is 1. The van der Waals surface area contributed by atoms with Crippen LogP contribution in [-0.4, -0.2) is 69.1 Å². The largest absolute Gasteiger partial charge is 0.444 e. The zero-order valence-corrected chi connectivity index (χ0v) is 30.3. The molecule has 0 radical (unpaired) electrons. The zero-order chi connectivity index (χ0) is 37.9. The van der Waals surface area contributed by atoms with Gasteiger partial charge < -0.3 is 14.5 Å². The maximum absolute atomic E-state index is 17.0. The molecular weight excluding hydrogens is 728 g/mol. The van der Waals surface area contributed by atoms with Gasteiger partial charge >= 0.3 is 12.3 Å². The summed E-state index contributed by atoms with van der Waals surface area (Å²) in [6.07, 6.45) is -4.07. The van der Waals surface area contributed by atoms with Crippen LogP contribution in [0.1, 0.15) is 54.5 Å². The molecule has 18 heteroatoms. The first kappa shape index (κ1) is 36.8. The molecule has 52 heavy (non-hydrogen) atoms. The number of carbonyl (C=O) groups excluding carboxylic acids is 2. The highest BCUT2D eigenvalue weighted by molar-refractivity contribution is 7.98. The van der Waals surface area contributed by atoms with Crippen molar-refractivity contribution in [3.8, 4) is 17.2 Å². The van der Waals surface area contributed by atoms with Crippen LogP contribution < -0.4 is 10.2 Å². The number of nitrogens with zero attached hydrogens (tertiary/aromatic N) is 7. The number of alkyl halides is 3. The van der Waals surface area contributed by atoms with Crippen molar-refractivity contribution in [3.05, 3.63) is 58.4 Å². The van der Waals surface area contributed by atoms with Crippen LogP contribution in [0.15, 0.2) is 29.4 Å². The van der Waals surface area contributed by atoms with Crippen molar-refractivity contribution >= 4 is 66.9 Å². The van der Waals surface area contributed by atoms with E-state index in [4.69, 9.17) is 4.74 Å². The van der Waals surface area contributed by atoms with Crippen molar-refractivity contribution in [1.29, 1.82) is 5.26 Å². The number of nitrogens with one attached hydrogen (secondary N) is 1. The van der Waals surface area contributed by atoms with E-state index in [9.17, 15) is 14.9 Å². The van der Waals surface area contributed by atoms with Crippen molar-refractivity contribution in [2.24, 2.45) is 0 Å². The van der Waals surface area contributed by atoms with Crippen LogP contribution in [0.3, 0.4) is 0 Å². The van der Waals surface area contributed by atoms with Gasteiger partial charge in [0.05, 0.1) is 23.4 Å². The molecule has 11 nitrogen and oxygen atoms in total. The van der Waals surface area contributed by atoms with Crippen LogP contribution in [0, 0.1) is 23.0 Å². The number of thiophene rings is 1. The lowest BCUT2D eigenvalue weighted by Gasteiger charge is -2.25. The quantitative estimate of drug-likeness (QED) is 0.108. The van der Waals surface area contributed by atoms with Crippen molar-refractivity contribution in [1.82, 2.24) is 24.6 Å². The van der Waals surface area contributed by atoms with Gasteiger partial charge in [0.2, 0.25) is 0 Å². The van der Waals surface area contributed by atoms with Crippen LogP contribution in [0.4, 0.5) is 37.6 Å². The topological polar surface area (TPSA) is 129 Å². The first-order chi connectivity index (χ1) is 24.4. The fourth-order valence-corrected chi connectivity index (χ4v) is 7.38. The number of nitriles is 1. The van der Waals surface area contributed by atoms with E-state index in [1.807, 2.05) is 6.07 Å². The Morgan fingerprint density at radius 1 is 1.10 bits per heavy atom. The Balaban J connectivity index is 1.58. The van der Waals surface area contributed by atoms with E-state index in [-0.39, 0.29) is 55.2 Å². The Morgan fingerprint density at radius 3 is 2.46 bits per heavy atom. The number of halogens is 5. The van der Waals surface area contributed by atoms with Crippen molar-refractivity contribution in [3.63, 3.8) is 0 Å². The molecule has 4 heterocycles. The monoisotopic (exact) mass is 758 g/mol. The number of fused-ring (bicyclic) bond motifs is 3. The molecule has 0 saturated carbocycles. The molecule has 0 fully saturated rings. The number of hydrogen-bond donors (Lipinski definition) is 1. The third-order valence-corrected chi connectivity index (χ3v) is 9.72. The highest BCUT2D eigenvalue weighted by Crippen LogP contribution is 2.49. The SMILES string of the molecule is CSc1nc(N2CCCn3nc(C(=O)N(C)C)cc3C2)c2cc(C(F)(F)F)c(-c3c(F)ccc4sc(NC(=O)OC(C)(C)C)c(C#N)c34)c(F)c2n1. The first-order valence-corrected chi connectivity index (χ1v) is 17.8. The molecule has 5 aromatic rings. The summed E-state index contributed by atoms with van der Waals surface area (Å²) >= 11 is 1.84. The Labute approximate surface area is 302 Å². The molecule has 3 aromatic heterocycles. The summed E-state index contributed by atoms with van der Waals surface area (Å²) in [6.45, 7) is 5.63. The first-order valence-electron chi connectivity index (χ1n) is 15.8. The minimum atomic E-state index is -5.21. The number of anilines is 2. The van der Waals surface area contributed by atoms with Crippen LogP contribution >= 0.6 is 23.1 Å². The van der Waals surface area contributed by atoms with E-state index in [2.05, 4.69) is 20.4 Å². The summed E-state index contributed by atoms with van der Waals surface area (Å²) in [4.78, 5) is 37.0. The summed E-state index contributed by atoms with van der Waals surface area (Å²) in [5.41, 5.74) is -4.44. The predicted molar refractivity (Wildman–Crippen MR) is 188 cm³/mol. The van der Waals surface area contributed by atoms with Crippen molar-refractivity contribution < 1.29 is 36.3 Å². The molecule has 1 aliphatic heterocycles. The molecule has 1 N–H and O–H groups in total. The number of aromatic nitrogens is 4. The number of amides is 2. The highest BCUT2D eigenvalue weighted by Gasteiger charge is 2.39. The van der Waals surface area contributed by atoms with Gasteiger partial charge in [0, 0.05) is 53.8 Å². The van der Waals surface area contributed by atoms with E-state index >= 15 is 22.0 Å². The average Bonchev–Trinajstić information content (AvgIpc) is 3.55. The Bertz CT molecular complexity index is 2310. The van der Waals surface area contributed by atoms with Gasteiger partial charge in [-0.15, -0.1) is 11.3 Å². The summed E-state index contributed by atoms with van der Waals surface area (Å²) < 4.78 is 85.3. The van der Waals surface area contributed by atoms with Crippen LogP contribution in [0.5, 0.6) is 0 Å². The van der Waals surface area contributed by atoms with E-state index in [0.717, 1.165) is 29.2 Å². The number of benzene rings is 2. The van der Waals surface area contributed by atoms with Crippen LogP contribution in [-0.2, 0) is 24.0 Å². The lowest BCUT2D eigenvalue weighted by atomic mass is 9.92. The fourth-order valence-electron chi connectivity index (χ4n) is 5.97. The fraction of sp³-hybridized carbons (Fsp3) is 0.353. The smallest absolute Gasteiger partial charge is 0.417 e. The van der Waals surface area contributed by atoms with E-state index in [1.165, 1.54) is 11.0 Å². The van der Waals surface area contributed by atoms with Crippen molar-refractivity contribution in [2.75, 3.05) is 37.1 Å². The molecule has 0 unspecified atom stereocenters. The van der Waals surface area contributed by atoms with Crippen LogP contribution in [0.25, 0.3) is 32.1 Å². The Morgan fingerprint density at radius 2 is 1.83 bits per heavy atom. The number of rotatable bonds is 5. The third kappa shape index (κ3) is 6.82. The van der Waals surface area contributed by atoms with E-state index in [1.54, 1.807) is 56.8 Å². The molecule has 0 aliphatic carbocycles. The summed E-state index contributed by atoms with van der Waals surface area (Å²) in [6, 6.07) is 6.26. The maximum Gasteiger partial charge on any atom is 0.417 e. The third-order valence-electron chi connectivity index (χ3n) is 8.10. The van der Waals surface area contributed by atoms with E-state index < -0.39 is 51.7 Å². The van der Waals surface area contributed by atoms with Gasteiger partial charge in [0.15, 0.2) is 16.7 Å². The summed E-state index contributed by atoms with van der Waals surface area (Å²) in [5.74, 6) is -3.01. The standard InChI is InChI=1S/C34H31F5N8O3S2/c1-33(2,3)50-32(49)43-29-18(14-40)23-22(52-29)9-8-20(35)25(23)24-19(34(37,38)39)13-17-27(26(24)36)41-31(51-6)42-28(17)46-10-7-11-47-16(15-46)12-21(44-47)30(48)45(4)5/h8-9,12-13H,7,10-11,15H2,1-6H3,(H,43,49). The number of thioether (sulfide) groups is 1. The highest BCUT2D eigenvalue weighted by atomic mass is 32.2. The summed E-state index contributed by atoms with van der Waals surface area (Å²) in [7, 11) is 3.17. The molecule has 0 bridgehead atoms. The predicted octanol–water partition coefficient (Wildman–Crippen LogP) is 8.06. The van der Waals surface area contributed by atoms with Gasteiger partial charge in [0.1, 0.15) is 33.8 Å². The number of hydrogen-bond acceptors (Lipinski definition) is 10. The molecule has 272 valence electrons. The van der Waals surface area contributed by atoms with E-state index in [0.29, 0.717) is 31.3 Å². The van der Waals surface area contributed by atoms with Gasteiger partial charge in [0.25, 0.3) is 5.91 Å². The van der Waals surface area contributed by atoms with Crippen LogP contribution in [0.2, 0.25) is 0 Å². The molecular formula is C34H31F5N8O3S2. The molecule has 1 aliphatic rings. The minimum absolute atomic E-state index is 0.0104. The normalized spacial score (nSPS) is 13.5. The summed E-state index contributed by atoms with van der Waals surface area (Å²) in [5, 5.41) is 16.3. The second kappa shape index (κ2) is 13.5. The average molecular weight is 759 g/mol. The van der Waals surface area contributed by atoms with Gasteiger partial charge in [-0.3, -0.25) is 14.8 Å². The molecule has 2 aromatic carbocycles. The number of carbonyl (C=O) groups is 2. The van der Waals surface area contributed by atoms with Gasteiger partial charge in [-0.1, -0.05) is 11.8 Å². The van der Waals surface area contributed by atoms with Gasteiger partial charge in [-0.05, 0) is 57.7 Å². The molecule has 0 saturated heterocycles. The minimum Gasteiger partial charge on any atom is -0.444 e. The second-order valence-corrected chi connectivity index (χ2v) is 14.9. The lowest BCUT2D eigenvalue weighted by molar-refractivity contribution is -0.137. The van der Waals surface area contributed by atoms with Gasteiger partial charge in [-0.2, -0.15) is 23.5 Å². The Kier molecular flexibility index (Phi) is 9.55. The Hall–Kier alpha value is -5.02. The van der Waals surface area contributed by atoms with Crippen molar-refractivity contribution in [2.45, 2.75) is 57.2 Å². The molecule has 6 rings (SSSR count). The maximum atomic E-state index is 17.0. The molecule has 0 atom stereocenters. The second-order valence-electron chi connectivity index (χ2n) is 13.1. The molecule has 0 spiro atoms. The number of aryl methyl sites for hydroxylation is 1. The zero-order valence-electron chi connectivity index (χ0n) is 28.7. The molecule has 2 amide bonds. The van der Waals surface area contributed by atoms with Gasteiger partial charge in [-0.25, -0.2) is 23.5 Å². The lowest BCUT2D eigenvalue weighted by Crippen LogP contribution is -2.27.